The van der Waals surface area contributed by atoms with Gasteiger partial charge >= 0.3 is 0 Å². The van der Waals surface area contributed by atoms with Gasteiger partial charge in [-0.25, -0.2) is 4.39 Å². The number of benzene rings is 1. The average Bonchev–Trinajstić information content (AvgIpc) is 2.36. The summed E-state index contributed by atoms with van der Waals surface area (Å²) in [6.45, 7) is 9.54. The summed E-state index contributed by atoms with van der Waals surface area (Å²) in [5.41, 5.74) is 0.532. The highest BCUT2D eigenvalue weighted by Gasteiger charge is 2.19. The number of nitrogens with one attached hydrogen (secondary N) is 2. The zero-order valence-corrected chi connectivity index (χ0v) is 13.5. The van der Waals surface area contributed by atoms with Crippen LogP contribution in [0.2, 0.25) is 0 Å². The molecular weight excluding hydrogens is 271 g/mol. The molecule has 0 aliphatic carbocycles. The van der Waals surface area contributed by atoms with Crippen LogP contribution in [0.4, 0.5) is 4.39 Å². The summed E-state index contributed by atoms with van der Waals surface area (Å²) in [5, 5.41) is 2.94. The van der Waals surface area contributed by atoms with Crippen LogP contribution >= 0.6 is 0 Å². The Morgan fingerprint density at radius 2 is 2.05 bits per heavy atom. The molecule has 0 aliphatic rings. The van der Waals surface area contributed by atoms with Gasteiger partial charge in [0, 0.05) is 5.54 Å². The van der Waals surface area contributed by atoms with Crippen LogP contribution in [-0.2, 0) is 11.3 Å². The quantitative estimate of drug-likeness (QED) is 0.827. The summed E-state index contributed by atoms with van der Waals surface area (Å²) in [7, 11) is 1.56. The molecule has 0 bridgehead atoms. The van der Waals surface area contributed by atoms with Crippen LogP contribution in [0, 0.1) is 5.82 Å². The minimum Gasteiger partial charge on any atom is -0.496 e. The number of methoxy groups -OCH3 is 1. The number of hydrogen-bond donors (Lipinski definition) is 2. The highest BCUT2D eigenvalue weighted by atomic mass is 19.1. The summed E-state index contributed by atoms with van der Waals surface area (Å²) < 4.78 is 18.6. The molecule has 0 aromatic heterocycles. The first-order chi connectivity index (χ1) is 9.75. The number of halogens is 1. The van der Waals surface area contributed by atoms with Gasteiger partial charge in [0.2, 0.25) is 0 Å². The Hall–Kier alpha value is -1.62. The minimum atomic E-state index is -0.291. The van der Waals surface area contributed by atoms with Crippen LogP contribution in [0.25, 0.3) is 0 Å². The van der Waals surface area contributed by atoms with Crippen LogP contribution in [0.1, 0.15) is 33.3 Å². The molecule has 0 heterocycles. The van der Waals surface area contributed by atoms with Gasteiger partial charge in [-0.05, 0) is 45.9 Å². The fraction of sp³-hybridized carbons (Fsp3) is 0.562. The van der Waals surface area contributed by atoms with E-state index in [1.165, 1.54) is 12.1 Å². The summed E-state index contributed by atoms with van der Waals surface area (Å²) in [5.74, 6) is 0.355. The van der Waals surface area contributed by atoms with Gasteiger partial charge in [0.25, 0.3) is 5.91 Å². The molecule has 1 rings (SSSR count). The molecule has 0 aliphatic heterocycles. The van der Waals surface area contributed by atoms with Crippen molar-refractivity contribution in [1.29, 1.82) is 0 Å². The first-order valence-electron chi connectivity index (χ1n) is 7.22. The lowest BCUT2D eigenvalue weighted by atomic mass is 10.1. The molecule has 1 aromatic carbocycles. The van der Waals surface area contributed by atoms with E-state index in [4.69, 9.17) is 4.74 Å². The van der Waals surface area contributed by atoms with Crippen molar-refractivity contribution in [2.75, 3.05) is 20.2 Å². The Bertz CT molecular complexity index is 484. The second-order valence-corrected chi connectivity index (χ2v) is 6.21. The lowest BCUT2D eigenvalue weighted by Gasteiger charge is -2.23. The molecule has 5 heteroatoms. The van der Waals surface area contributed by atoms with Gasteiger partial charge in [-0.1, -0.05) is 0 Å². The molecule has 0 spiro atoms. The molecule has 118 valence electrons. The third-order valence-corrected chi connectivity index (χ3v) is 3.11. The van der Waals surface area contributed by atoms with Crippen LogP contribution in [-0.4, -0.2) is 31.6 Å². The Morgan fingerprint density at radius 1 is 1.38 bits per heavy atom. The van der Waals surface area contributed by atoms with E-state index in [9.17, 15) is 9.18 Å². The normalized spacial score (nSPS) is 12.9. The van der Waals surface area contributed by atoms with Crippen molar-refractivity contribution in [2.24, 2.45) is 0 Å². The number of hydrogen-bond acceptors (Lipinski definition) is 2. The predicted molar refractivity (Wildman–Crippen MR) is 80.9 cm³/mol. The molecule has 2 N–H and O–H groups in total. The molecule has 4 nitrogen and oxygen atoms in total. The molecular formula is C16H26FN2O2+. The Kier molecular flexibility index (Phi) is 6.15. The predicted octanol–water partition coefficient (Wildman–Crippen LogP) is 1.15. The fourth-order valence-electron chi connectivity index (χ4n) is 2.16. The van der Waals surface area contributed by atoms with Gasteiger partial charge in [0.15, 0.2) is 6.54 Å². The number of carbonyl (C=O) groups is 1. The summed E-state index contributed by atoms with van der Waals surface area (Å²) in [6.07, 6.45) is 0. The van der Waals surface area contributed by atoms with Gasteiger partial charge in [-0.3, -0.25) is 4.79 Å². The monoisotopic (exact) mass is 297 g/mol. The molecule has 1 amide bonds. The van der Waals surface area contributed by atoms with Gasteiger partial charge < -0.3 is 15.0 Å². The third-order valence-electron chi connectivity index (χ3n) is 3.11. The second kappa shape index (κ2) is 7.41. The molecule has 1 atom stereocenters. The second-order valence-electron chi connectivity index (χ2n) is 6.21. The molecule has 21 heavy (non-hydrogen) atoms. The van der Waals surface area contributed by atoms with E-state index in [2.05, 4.69) is 5.32 Å². The van der Waals surface area contributed by atoms with Crippen molar-refractivity contribution < 1.29 is 18.8 Å². The Labute approximate surface area is 126 Å². The molecule has 1 unspecified atom stereocenters. The van der Waals surface area contributed by atoms with Crippen LogP contribution in [0.15, 0.2) is 18.2 Å². The standard InChI is InChI=1S/C16H25FN2O2/c1-6-19(11-15(20)18-16(2,3)4)10-12-9-13(17)7-8-14(12)21-5/h7-9H,6,10-11H2,1-5H3,(H,18,20)/p+1. The summed E-state index contributed by atoms with van der Waals surface area (Å²) in [4.78, 5) is 13.1. The molecule has 0 saturated carbocycles. The molecule has 0 radical (unpaired) electrons. The van der Waals surface area contributed by atoms with E-state index in [0.29, 0.717) is 18.8 Å². The van der Waals surface area contributed by atoms with E-state index in [1.54, 1.807) is 13.2 Å². The maximum atomic E-state index is 13.4. The SMILES string of the molecule is CC[NH+](CC(=O)NC(C)(C)C)Cc1cc(F)ccc1OC. The summed E-state index contributed by atoms with van der Waals surface area (Å²) >= 11 is 0. The lowest BCUT2D eigenvalue weighted by molar-refractivity contribution is -0.904. The van der Waals surface area contributed by atoms with Crippen molar-refractivity contribution >= 4 is 5.91 Å². The third kappa shape index (κ3) is 6.12. The van der Waals surface area contributed by atoms with Gasteiger partial charge in [0.1, 0.15) is 18.1 Å². The minimum absolute atomic E-state index is 0.00489. The smallest absolute Gasteiger partial charge is 0.275 e. The highest BCUT2D eigenvalue weighted by molar-refractivity contribution is 5.77. The van der Waals surface area contributed by atoms with Crippen molar-refractivity contribution in [3.63, 3.8) is 0 Å². The molecule has 0 saturated heterocycles. The fourth-order valence-corrected chi connectivity index (χ4v) is 2.16. The van der Waals surface area contributed by atoms with E-state index in [0.717, 1.165) is 17.0 Å². The summed E-state index contributed by atoms with van der Waals surface area (Å²) in [6, 6.07) is 4.46. The van der Waals surface area contributed by atoms with Crippen LogP contribution < -0.4 is 15.0 Å². The van der Waals surface area contributed by atoms with Crippen molar-refractivity contribution in [2.45, 2.75) is 39.8 Å². The first kappa shape index (κ1) is 17.4. The maximum absolute atomic E-state index is 13.4. The highest BCUT2D eigenvalue weighted by Crippen LogP contribution is 2.18. The van der Waals surface area contributed by atoms with Crippen molar-refractivity contribution in [3.05, 3.63) is 29.6 Å². The van der Waals surface area contributed by atoms with E-state index in [1.807, 2.05) is 27.7 Å². The Balaban J connectivity index is 2.74. The van der Waals surface area contributed by atoms with Crippen molar-refractivity contribution in [1.82, 2.24) is 5.32 Å². The largest absolute Gasteiger partial charge is 0.496 e. The molecule has 1 aromatic rings. The Morgan fingerprint density at radius 3 is 2.57 bits per heavy atom. The van der Waals surface area contributed by atoms with Gasteiger partial charge in [-0.2, -0.15) is 0 Å². The zero-order valence-electron chi connectivity index (χ0n) is 13.5. The number of likely N-dealkylation sites (N-methyl/N-ethyl adjacent to an activating group) is 1. The zero-order chi connectivity index (χ0) is 16.0. The number of carbonyl (C=O) groups excluding carboxylic acids is 1. The van der Waals surface area contributed by atoms with E-state index >= 15 is 0 Å². The van der Waals surface area contributed by atoms with E-state index < -0.39 is 0 Å². The number of quaternary nitrogens is 1. The first-order valence-corrected chi connectivity index (χ1v) is 7.22. The average molecular weight is 297 g/mol. The number of rotatable bonds is 6. The van der Waals surface area contributed by atoms with Crippen molar-refractivity contribution in [3.8, 4) is 5.75 Å². The maximum Gasteiger partial charge on any atom is 0.275 e. The number of amides is 1. The molecule has 0 fully saturated rings. The van der Waals surface area contributed by atoms with Crippen LogP contribution in [0.3, 0.4) is 0 Å². The topological polar surface area (TPSA) is 42.8 Å². The lowest BCUT2D eigenvalue weighted by Crippen LogP contribution is -3.11. The van der Waals surface area contributed by atoms with Gasteiger partial charge in [-0.15, -0.1) is 0 Å². The van der Waals surface area contributed by atoms with E-state index in [-0.39, 0.29) is 17.3 Å². The van der Waals surface area contributed by atoms with Crippen LogP contribution in [0.5, 0.6) is 5.75 Å². The van der Waals surface area contributed by atoms with Gasteiger partial charge in [0.05, 0.1) is 19.2 Å². The number of ether oxygens (including phenoxy) is 1.